The van der Waals surface area contributed by atoms with Crippen LogP contribution in [0.2, 0.25) is 0 Å². The second kappa shape index (κ2) is 8.44. The Morgan fingerprint density at radius 2 is 2.30 bits per heavy atom. The van der Waals surface area contributed by atoms with Gasteiger partial charge in [-0.1, -0.05) is 6.07 Å². The van der Waals surface area contributed by atoms with Gasteiger partial charge in [0.2, 0.25) is 0 Å². The molecule has 0 saturated heterocycles. The highest BCUT2D eigenvalue weighted by Crippen LogP contribution is 2.12. The summed E-state index contributed by atoms with van der Waals surface area (Å²) in [6.07, 6.45) is -0.897. The zero-order chi connectivity index (χ0) is 16.7. The topological polar surface area (TPSA) is 83.5 Å². The summed E-state index contributed by atoms with van der Waals surface area (Å²) in [6.45, 7) is 2.20. The third-order valence-corrected chi connectivity index (χ3v) is 3.77. The summed E-state index contributed by atoms with van der Waals surface area (Å²) in [5, 5.41) is 17.6. The van der Waals surface area contributed by atoms with Crippen molar-refractivity contribution in [1.29, 1.82) is 0 Å². The van der Waals surface area contributed by atoms with Crippen LogP contribution < -0.4 is 15.4 Å². The van der Waals surface area contributed by atoms with E-state index in [2.05, 4.69) is 15.6 Å². The van der Waals surface area contributed by atoms with Gasteiger partial charge in [0.05, 0.1) is 6.54 Å². The molecule has 0 radical (unpaired) electrons. The van der Waals surface area contributed by atoms with E-state index in [-0.39, 0.29) is 13.2 Å². The van der Waals surface area contributed by atoms with E-state index in [4.69, 9.17) is 4.74 Å². The highest BCUT2D eigenvalue weighted by molar-refractivity contribution is 7.09. The van der Waals surface area contributed by atoms with Crippen LogP contribution in [0.5, 0.6) is 5.75 Å². The predicted molar refractivity (Wildman–Crippen MR) is 85.0 cm³/mol. The molecule has 2 aromatic rings. The zero-order valence-electron chi connectivity index (χ0n) is 12.6. The van der Waals surface area contributed by atoms with Gasteiger partial charge in [0.1, 0.15) is 29.3 Å². The van der Waals surface area contributed by atoms with Gasteiger partial charge in [0, 0.05) is 23.7 Å². The lowest BCUT2D eigenvalue weighted by molar-refractivity contribution is 0.107. The number of ether oxygens (including phenoxy) is 1. The Balaban J connectivity index is 1.63. The van der Waals surface area contributed by atoms with Crippen LogP contribution in [0.15, 0.2) is 29.6 Å². The van der Waals surface area contributed by atoms with Gasteiger partial charge in [-0.3, -0.25) is 0 Å². The Hall–Kier alpha value is -2.19. The molecule has 0 aliphatic heterocycles. The van der Waals surface area contributed by atoms with Gasteiger partial charge in [0.15, 0.2) is 0 Å². The molecule has 1 atom stereocenters. The van der Waals surface area contributed by atoms with Gasteiger partial charge in [0.25, 0.3) is 0 Å². The summed E-state index contributed by atoms with van der Waals surface area (Å²) in [5.74, 6) is -0.0837. The molecule has 0 saturated carbocycles. The largest absolute Gasteiger partial charge is 0.491 e. The number of hydrogen-bond donors (Lipinski definition) is 3. The number of carbonyl (C=O) groups excluding carboxylic acids is 1. The molecule has 0 aliphatic rings. The molecule has 0 aliphatic carbocycles. The molecule has 2 rings (SSSR count). The number of rotatable bonds is 7. The standard InChI is InChI=1S/C15H18FN3O3S/c1-10-9-23-14(19-10)7-18-15(21)17-6-12(20)8-22-13-4-2-3-11(16)5-13/h2-5,9,12,20H,6-8H2,1H3,(H2,17,18,21). The van der Waals surface area contributed by atoms with Crippen LogP contribution in [-0.2, 0) is 6.54 Å². The Kier molecular flexibility index (Phi) is 6.30. The normalized spacial score (nSPS) is 11.8. The van der Waals surface area contributed by atoms with E-state index in [0.29, 0.717) is 12.3 Å². The number of hydrogen-bond acceptors (Lipinski definition) is 5. The van der Waals surface area contributed by atoms with Crippen LogP contribution in [0.1, 0.15) is 10.7 Å². The maximum absolute atomic E-state index is 13.0. The van der Waals surface area contributed by atoms with E-state index in [1.165, 1.54) is 29.5 Å². The van der Waals surface area contributed by atoms with Crippen LogP contribution in [0, 0.1) is 12.7 Å². The van der Waals surface area contributed by atoms with Crippen molar-refractivity contribution < 1.29 is 19.0 Å². The van der Waals surface area contributed by atoms with Gasteiger partial charge < -0.3 is 20.5 Å². The first-order valence-electron chi connectivity index (χ1n) is 7.02. The molecule has 3 N–H and O–H groups in total. The number of aryl methyl sites for hydroxylation is 1. The zero-order valence-corrected chi connectivity index (χ0v) is 13.4. The average molecular weight is 339 g/mol. The molecule has 1 unspecified atom stereocenters. The van der Waals surface area contributed by atoms with E-state index in [1.807, 2.05) is 12.3 Å². The number of aliphatic hydroxyl groups excluding tert-OH is 1. The molecule has 1 aromatic heterocycles. The van der Waals surface area contributed by atoms with Crippen molar-refractivity contribution in [2.75, 3.05) is 13.2 Å². The molecule has 0 spiro atoms. The third kappa shape index (κ3) is 6.21. The maximum Gasteiger partial charge on any atom is 0.315 e. The van der Waals surface area contributed by atoms with Crippen molar-refractivity contribution in [3.05, 3.63) is 46.2 Å². The lowest BCUT2D eigenvalue weighted by atomic mass is 10.3. The molecule has 2 amide bonds. The predicted octanol–water partition coefficient (Wildman–Crippen LogP) is 1.83. The Labute approximate surface area is 137 Å². The van der Waals surface area contributed by atoms with Crippen LogP contribution in [0.4, 0.5) is 9.18 Å². The van der Waals surface area contributed by atoms with Crippen LogP contribution in [0.25, 0.3) is 0 Å². The number of urea groups is 1. The Morgan fingerprint density at radius 3 is 3.00 bits per heavy atom. The SMILES string of the molecule is Cc1csc(CNC(=O)NCC(O)COc2cccc(F)c2)n1. The first-order chi connectivity index (χ1) is 11.0. The molecule has 1 heterocycles. The maximum atomic E-state index is 13.0. The summed E-state index contributed by atoms with van der Waals surface area (Å²) in [5.41, 5.74) is 0.914. The van der Waals surface area contributed by atoms with E-state index >= 15 is 0 Å². The minimum absolute atomic E-state index is 0.0258. The first kappa shape index (κ1) is 17.2. The lowest BCUT2D eigenvalue weighted by Gasteiger charge is -2.13. The number of nitrogens with one attached hydrogen (secondary N) is 2. The van der Waals surface area contributed by atoms with Gasteiger partial charge in [-0.2, -0.15) is 0 Å². The monoisotopic (exact) mass is 339 g/mol. The molecule has 124 valence electrons. The second-order valence-corrected chi connectivity index (χ2v) is 5.81. The molecule has 8 heteroatoms. The van der Waals surface area contributed by atoms with E-state index < -0.39 is 18.0 Å². The van der Waals surface area contributed by atoms with Crippen molar-refractivity contribution in [1.82, 2.24) is 15.6 Å². The van der Waals surface area contributed by atoms with E-state index in [1.54, 1.807) is 6.07 Å². The van der Waals surface area contributed by atoms with Crippen LogP contribution >= 0.6 is 11.3 Å². The summed E-state index contributed by atoms with van der Waals surface area (Å²) >= 11 is 1.47. The quantitative estimate of drug-likeness (QED) is 0.719. The third-order valence-electron chi connectivity index (χ3n) is 2.80. The van der Waals surface area contributed by atoms with Gasteiger partial charge in [-0.05, 0) is 19.1 Å². The van der Waals surface area contributed by atoms with E-state index in [9.17, 15) is 14.3 Å². The minimum atomic E-state index is -0.897. The van der Waals surface area contributed by atoms with Crippen molar-refractivity contribution in [3.63, 3.8) is 0 Å². The van der Waals surface area contributed by atoms with Crippen molar-refractivity contribution >= 4 is 17.4 Å². The fourth-order valence-corrected chi connectivity index (χ4v) is 2.43. The molecule has 0 fully saturated rings. The van der Waals surface area contributed by atoms with Crippen LogP contribution in [0.3, 0.4) is 0 Å². The van der Waals surface area contributed by atoms with Gasteiger partial charge >= 0.3 is 6.03 Å². The number of amides is 2. The number of thiazole rings is 1. The molecular formula is C15H18FN3O3S. The molecule has 0 bridgehead atoms. The fraction of sp³-hybridized carbons (Fsp3) is 0.333. The number of nitrogens with zero attached hydrogens (tertiary/aromatic N) is 1. The summed E-state index contributed by atoms with van der Waals surface area (Å²) in [7, 11) is 0. The average Bonchev–Trinajstić information content (AvgIpc) is 2.94. The molecule has 23 heavy (non-hydrogen) atoms. The minimum Gasteiger partial charge on any atom is -0.491 e. The van der Waals surface area contributed by atoms with Crippen LogP contribution in [-0.4, -0.2) is 35.4 Å². The fourth-order valence-electron chi connectivity index (χ4n) is 1.72. The summed E-state index contributed by atoms with van der Waals surface area (Å²) in [6, 6.07) is 5.24. The van der Waals surface area contributed by atoms with Gasteiger partial charge in [-0.25, -0.2) is 14.2 Å². The highest BCUT2D eigenvalue weighted by atomic mass is 32.1. The molecular weight excluding hydrogens is 321 g/mol. The first-order valence-corrected chi connectivity index (χ1v) is 7.90. The van der Waals surface area contributed by atoms with Gasteiger partial charge in [-0.15, -0.1) is 11.3 Å². The van der Waals surface area contributed by atoms with Crippen molar-refractivity contribution in [2.24, 2.45) is 0 Å². The Morgan fingerprint density at radius 1 is 1.48 bits per heavy atom. The Bertz CT molecular complexity index is 650. The lowest BCUT2D eigenvalue weighted by Crippen LogP contribution is -2.41. The highest BCUT2D eigenvalue weighted by Gasteiger charge is 2.09. The molecule has 6 nitrogen and oxygen atoms in total. The van der Waals surface area contributed by atoms with E-state index in [0.717, 1.165) is 10.7 Å². The number of halogens is 1. The smallest absolute Gasteiger partial charge is 0.315 e. The number of benzene rings is 1. The van der Waals surface area contributed by atoms with Crippen molar-refractivity contribution in [3.8, 4) is 5.75 Å². The summed E-state index contributed by atoms with van der Waals surface area (Å²) < 4.78 is 18.2. The number of aliphatic hydroxyl groups is 1. The summed E-state index contributed by atoms with van der Waals surface area (Å²) in [4.78, 5) is 15.8. The van der Waals surface area contributed by atoms with Crippen molar-refractivity contribution in [2.45, 2.75) is 19.6 Å². The number of aromatic nitrogens is 1. The number of carbonyl (C=O) groups is 1. The molecule has 1 aromatic carbocycles. The second-order valence-electron chi connectivity index (χ2n) is 4.87.